The Labute approximate surface area is 67.7 Å². The predicted octanol–water partition coefficient (Wildman–Crippen LogP) is 2.28. The molecule has 0 aromatic heterocycles. The van der Waals surface area contributed by atoms with E-state index in [0.29, 0.717) is 0 Å². The first-order valence-electron chi connectivity index (χ1n) is 3.92. The van der Waals surface area contributed by atoms with Crippen LogP contribution in [0.5, 0.6) is 0 Å². The van der Waals surface area contributed by atoms with Crippen molar-refractivity contribution in [2.24, 2.45) is 0 Å². The molecule has 58 valence electrons. The molecule has 0 rings (SSSR count). The summed E-state index contributed by atoms with van der Waals surface area (Å²) in [6.45, 7) is 11.5. The highest BCUT2D eigenvalue weighted by atomic mass is 28.4. The van der Waals surface area contributed by atoms with Gasteiger partial charge in [0.25, 0.3) is 0 Å². The lowest BCUT2D eigenvalue weighted by Crippen LogP contribution is -2.28. The molecule has 0 aromatic rings. The monoisotopic (exact) mass is 170 g/mol. The van der Waals surface area contributed by atoms with Crippen molar-refractivity contribution in [3.63, 3.8) is 0 Å². The first-order valence-corrected chi connectivity index (χ1v) is 10.2. The average Bonchev–Trinajstić information content (AvgIpc) is 1.59. The Hall–Kier alpha value is -0.00623. The third-order valence-electron chi connectivity index (χ3n) is 1.38. The van der Waals surface area contributed by atoms with Crippen LogP contribution in [0.25, 0.3) is 0 Å². The number of hydrogen-bond donors (Lipinski definition) is 0. The van der Waals surface area contributed by atoms with Crippen LogP contribution in [-0.4, -0.2) is 16.9 Å². The molecular formula is C8H18Si2. The zero-order valence-electron chi connectivity index (χ0n) is 7.78. The lowest BCUT2D eigenvalue weighted by atomic mass is 10.8. The Morgan fingerprint density at radius 3 is 2.10 bits per heavy atom. The molecule has 0 bridgehead atoms. The van der Waals surface area contributed by atoms with E-state index in [-0.39, 0.29) is 8.80 Å². The second kappa shape index (κ2) is 4.00. The molecule has 2 heteroatoms. The highest BCUT2D eigenvalue weighted by molar-refractivity contribution is 6.93. The molecule has 0 spiro atoms. The van der Waals surface area contributed by atoms with Crippen LogP contribution < -0.4 is 0 Å². The fourth-order valence-electron chi connectivity index (χ4n) is 1.41. The normalized spacial score (nSPS) is 11.0. The highest BCUT2D eigenvalue weighted by Crippen LogP contribution is 2.09. The van der Waals surface area contributed by atoms with E-state index in [9.17, 15) is 0 Å². The minimum Gasteiger partial charge on any atom is -0.132 e. The van der Waals surface area contributed by atoms with Crippen molar-refractivity contribution in [2.75, 3.05) is 0 Å². The van der Waals surface area contributed by atoms with E-state index in [0.717, 1.165) is 0 Å². The summed E-state index contributed by atoms with van der Waals surface area (Å²) in [6, 6.07) is 0. The van der Waals surface area contributed by atoms with Gasteiger partial charge in [0.05, 0.1) is 0 Å². The van der Waals surface area contributed by atoms with Crippen molar-refractivity contribution >= 4 is 16.9 Å². The lowest BCUT2D eigenvalue weighted by molar-refractivity contribution is 1.65. The summed E-state index contributed by atoms with van der Waals surface area (Å²) in [4.78, 5) is 0. The van der Waals surface area contributed by atoms with Crippen LogP contribution in [0, 0.1) is 11.5 Å². The van der Waals surface area contributed by atoms with Gasteiger partial charge in [-0.1, -0.05) is 31.9 Å². The largest absolute Gasteiger partial charge is 0.132 e. The summed E-state index contributed by atoms with van der Waals surface area (Å²) in [7, 11) is -1.43. The van der Waals surface area contributed by atoms with E-state index in [1.54, 1.807) is 0 Å². The molecule has 0 fully saturated rings. The van der Waals surface area contributed by atoms with Gasteiger partial charge >= 0.3 is 0 Å². The third kappa shape index (κ3) is 4.83. The molecule has 0 unspecified atom stereocenters. The van der Waals surface area contributed by atoms with E-state index in [2.05, 4.69) is 37.7 Å². The van der Waals surface area contributed by atoms with Gasteiger partial charge in [0.2, 0.25) is 0 Å². The molecule has 0 aromatic carbocycles. The van der Waals surface area contributed by atoms with Crippen LogP contribution in [-0.2, 0) is 0 Å². The molecule has 0 aliphatic heterocycles. The summed E-state index contributed by atoms with van der Waals surface area (Å²) in [6.07, 6.45) is 0. The maximum Gasteiger partial charge on any atom is 0.129 e. The van der Waals surface area contributed by atoms with Crippen LogP contribution in [0.3, 0.4) is 0 Å². The van der Waals surface area contributed by atoms with Crippen molar-refractivity contribution in [1.82, 2.24) is 0 Å². The van der Waals surface area contributed by atoms with Gasteiger partial charge in [-0.05, 0) is 6.92 Å². The molecular weight excluding hydrogens is 152 g/mol. The summed E-state index contributed by atoms with van der Waals surface area (Å²) in [5, 5.41) is 0. The number of hydrogen-bond acceptors (Lipinski definition) is 0. The molecule has 0 atom stereocenters. The average molecular weight is 170 g/mol. The van der Waals surface area contributed by atoms with E-state index in [1.165, 1.54) is 5.67 Å². The van der Waals surface area contributed by atoms with Crippen molar-refractivity contribution in [1.29, 1.82) is 0 Å². The minimum absolute atomic E-state index is 0.368. The SMILES string of the molecule is CC#C[Si](C)(C)C[SiH](C)C. The summed E-state index contributed by atoms with van der Waals surface area (Å²) in [5.74, 6) is 3.05. The first-order chi connectivity index (χ1) is 4.48. The van der Waals surface area contributed by atoms with Gasteiger partial charge in [-0.3, -0.25) is 0 Å². The maximum atomic E-state index is 3.38. The van der Waals surface area contributed by atoms with Gasteiger partial charge in [0.1, 0.15) is 8.07 Å². The number of rotatable bonds is 2. The minimum atomic E-state index is -1.07. The molecule has 0 heterocycles. The molecule has 10 heavy (non-hydrogen) atoms. The lowest BCUT2D eigenvalue weighted by Gasteiger charge is -2.15. The van der Waals surface area contributed by atoms with Crippen LogP contribution >= 0.6 is 0 Å². The third-order valence-corrected chi connectivity index (χ3v) is 9.66. The molecule has 0 nitrogen and oxygen atoms in total. The second-order valence-electron chi connectivity index (χ2n) is 3.86. The fourth-order valence-corrected chi connectivity index (χ4v) is 10.7. The molecule has 0 amide bonds. The van der Waals surface area contributed by atoms with Crippen LogP contribution in [0.1, 0.15) is 6.92 Å². The Kier molecular flexibility index (Phi) is 3.99. The molecule has 0 aliphatic carbocycles. The predicted molar refractivity (Wildman–Crippen MR) is 54.6 cm³/mol. The van der Waals surface area contributed by atoms with Crippen LogP contribution in [0.2, 0.25) is 31.9 Å². The van der Waals surface area contributed by atoms with Crippen molar-refractivity contribution in [2.45, 2.75) is 38.8 Å². The second-order valence-corrected chi connectivity index (χ2v) is 12.3. The van der Waals surface area contributed by atoms with Gasteiger partial charge < -0.3 is 0 Å². The summed E-state index contributed by atoms with van der Waals surface area (Å²) >= 11 is 0. The Bertz CT molecular complexity index is 148. The van der Waals surface area contributed by atoms with E-state index in [1.807, 2.05) is 6.92 Å². The Morgan fingerprint density at radius 2 is 1.80 bits per heavy atom. The zero-order valence-corrected chi connectivity index (χ0v) is 9.94. The van der Waals surface area contributed by atoms with Crippen molar-refractivity contribution < 1.29 is 0 Å². The molecule has 0 saturated heterocycles. The Morgan fingerprint density at radius 1 is 1.30 bits per heavy atom. The fraction of sp³-hybridized carbons (Fsp3) is 0.750. The van der Waals surface area contributed by atoms with Crippen LogP contribution in [0.4, 0.5) is 0 Å². The van der Waals surface area contributed by atoms with E-state index >= 15 is 0 Å². The quantitative estimate of drug-likeness (QED) is 0.441. The standard InChI is InChI=1S/C8H18Si2/c1-6-7-10(4,5)8-9(2)3/h9H,8H2,1-5H3. The smallest absolute Gasteiger partial charge is 0.129 e. The van der Waals surface area contributed by atoms with E-state index < -0.39 is 8.07 Å². The molecule has 0 N–H and O–H groups in total. The van der Waals surface area contributed by atoms with Gasteiger partial charge in [-0.25, -0.2) is 0 Å². The van der Waals surface area contributed by atoms with Gasteiger partial charge in [-0.15, -0.1) is 11.5 Å². The molecule has 0 saturated carbocycles. The highest BCUT2D eigenvalue weighted by Gasteiger charge is 2.19. The van der Waals surface area contributed by atoms with Gasteiger partial charge in [0, 0.05) is 8.80 Å². The molecule has 0 radical (unpaired) electrons. The molecule has 0 aliphatic rings. The summed E-state index contributed by atoms with van der Waals surface area (Å²) < 4.78 is 0. The van der Waals surface area contributed by atoms with Crippen molar-refractivity contribution in [3.05, 3.63) is 0 Å². The van der Waals surface area contributed by atoms with Gasteiger partial charge in [-0.2, -0.15) is 0 Å². The van der Waals surface area contributed by atoms with E-state index in [4.69, 9.17) is 0 Å². The first kappa shape index (κ1) is 9.99. The maximum absolute atomic E-state index is 3.38. The van der Waals surface area contributed by atoms with Gasteiger partial charge in [0.15, 0.2) is 0 Å². The van der Waals surface area contributed by atoms with Crippen molar-refractivity contribution in [3.8, 4) is 11.5 Å². The van der Waals surface area contributed by atoms with Crippen LogP contribution in [0.15, 0.2) is 0 Å². The Balaban J connectivity index is 3.95. The zero-order chi connectivity index (χ0) is 8.20. The topological polar surface area (TPSA) is 0 Å². The summed E-state index contributed by atoms with van der Waals surface area (Å²) in [5.41, 5.74) is 4.84.